The van der Waals surface area contributed by atoms with E-state index >= 15 is 0 Å². The molecule has 1 amide bonds. The summed E-state index contributed by atoms with van der Waals surface area (Å²) in [5.74, 6) is -2.00. The van der Waals surface area contributed by atoms with Gasteiger partial charge in [0.2, 0.25) is 0 Å². The summed E-state index contributed by atoms with van der Waals surface area (Å²) in [6.07, 6.45) is 1.53. The first-order valence-corrected chi connectivity index (χ1v) is 6.63. The molecule has 0 aromatic heterocycles. The monoisotopic (exact) mass is 309 g/mol. The van der Waals surface area contributed by atoms with E-state index in [0.29, 0.717) is 6.54 Å². The third-order valence-electron chi connectivity index (χ3n) is 3.47. The highest BCUT2D eigenvalue weighted by Crippen LogP contribution is 2.19. The number of amides is 1. The molecule has 3 N–H and O–H groups in total. The number of carbonyl (C=O) groups is 2. The number of nitrogens with zero attached hydrogens (tertiary/aromatic N) is 2. The van der Waals surface area contributed by atoms with Gasteiger partial charge in [-0.1, -0.05) is 0 Å². The zero-order chi connectivity index (χ0) is 16.3. The number of benzene rings is 1. The minimum atomic E-state index is -1.35. The molecule has 1 aliphatic heterocycles. The van der Waals surface area contributed by atoms with Gasteiger partial charge in [0.05, 0.1) is 23.1 Å². The highest BCUT2D eigenvalue weighted by atomic mass is 16.6. The second-order valence-corrected chi connectivity index (χ2v) is 4.94. The largest absolute Gasteiger partial charge is 0.478 e. The van der Waals surface area contributed by atoms with Crippen LogP contribution in [0, 0.1) is 10.1 Å². The number of hydrazine groups is 1. The number of hydrogen-bond acceptors (Lipinski definition) is 6. The molecule has 9 nitrogen and oxygen atoms in total. The minimum Gasteiger partial charge on any atom is -0.478 e. The summed E-state index contributed by atoms with van der Waals surface area (Å²) in [5, 5.41) is 30.5. The summed E-state index contributed by atoms with van der Waals surface area (Å²) in [6.45, 7) is 0.438. The van der Waals surface area contributed by atoms with E-state index < -0.39 is 22.5 Å². The van der Waals surface area contributed by atoms with Crippen molar-refractivity contribution >= 4 is 17.6 Å². The predicted molar refractivity (Wildman–Crippen MR) is 74.3 cm³/mol. The predicted octanol–water partition coefficient (Wildman–Crippen LogP) is 0.394. The van der Waals surface area contributed by atoms with Gasteiger partial charge in [-0.15, -0.1) is 0 Å². The van der Waals surface area contributed by atoms with Crippen LogP contribution < -0.4 is 5.43 Å². The van der Waals surface area contributed by atoms with E-state index in [1.54, 1.807) is 5.01 Å². The molecule has 0 bridgehead atoms. The second-order valence-electron chi connectivity index (χ2n) is 4.94. The van der Waals surface area contributed by atoms with Crippen LogP contribution in [0.3, 0.4) is 0 Å². The molecule has 2 rings (SSSR count). The molecular weight excluding hydrogens is 294 g/mol. The lowest BCUT2D eigenvalue weighted by Crippen LogP contribution is -2.46. The van der Waals surface area contributed by atoms with Crippen LogP contribution in [-0.4, -0.2) is 51.2 Å². The average Bonchev–Trinajstić information content (AvgIpc) is 2.93. The first-order valence-electron chi connectivity index (χ1n) is 6.63. The molecule has 1 aliphatic rings. The van der Waals surface area contributed by atoms with Crippen LogP contribution in [0.2, 0.25) is 0 Å². The highest BCUT2D eigenvalue weighted by molar-refractivity contribution is 5.98. The number of nitrogens with one attached hydrogen (secondary N) is 1. The highest BCUT2D eigenvalue weighted by Gasteiger charge is 2.26. The van der Waals surface area contributed by atoms with Crippen LogP contribution in [0.5, 0.6) is 0 Å². The zero-order valence-electron chi connectivity index (χ0n) is 11.6. The standard InChI is InChI=1S/C13H15N3O6/c17-7-10-2-1-3-15(10)14-12(18)8-4-9(13(19)20)6-11(5-8)16(21)22/h4-6,10,17H,1-3,7H2,(H,14,18)(H,19,20). The van der Waals surface area contributed by atoms with Gasteiger partial charge in [-0.2, -0.15) is 0 Å². The Bertz CT molecular complexity index is 586. The fourth-order valence-corrected chi connectivity index (χ4v) is 2.34. The maximum Gasteiger partial charge on any atom is 0.335 e. The van der Waals surface area contributed by atoms with Crippen molar-refractivity contribution in [2.24, 2.45) is 0 Å². The Morgan fingerprint density at radius 2 is 2.05 bits per heavy atom. The van der Waals surface area contributed by atoms with E-state index in [1.165, 1.54) is 0 Å². The van der Waals surface area contributed by atoms with Crippen molar-refractivity contribution in [3.8, 4) is 0 Å². The van der Waals surface area contributed by atoms with Crippen molar-refractivity contribution in [3.63, 3.8) is 0 Å². The molecule has 9 heteroatoms. The molecular formula is C13H15N3O6. The Balaban J connectivity index is 2.25. The van der Waals surface area contributed by atoms with Crippen LogP contribution in [-0.2, 0) is 0 Å². The van der Waals surface area contributed by atoms with Gasteiger partial charge < -0.3 is 10.2 Å². The second kappa shape index (κ2) is 6.50. The first kappa shape index (κ1) is 15.9. The molecule has 0 radical (unpaired) electrons. The Morgan fingerprint density at radius 3 is 2.64 bits per heavy atom. The number of carboxylic acids is 1. The molecule has 1 atom stereocenters. The Morgan fingerprint density at radius 1 is 1.36 bits per heavy atom. The Labute approximate surface area is 125 Å². The summed E-state index contributed by atoms with van der Waals surface area (Å²) in [5.41, 5.74) is 1.63. The van der Waals surface area contributed by atoms with Crippen LogP contribution in [0.15, 0.2) is 18.2 Å². The van der Waals surface area contributed by atoms with Gasteiger partial charge in [0.15, 0.2) is 0 Å². The lowest BCUT2D eigenvalue weighted by molar-refractivity contribution is -0.384. The van der Waals surface area contributed by atoms with Crippen LogP contribution >= 0.6 is 0 Å². The smallest absolute Gasteiger partial charge is 0.335 e. The van der Waals surface area contributed by atoms with E-state index in [4.69, 9.17) is 5.11 Å². The maximum atomic E-state index is 12.2. The number of non-ortho nitro benzene ring substituents is 1. The van der Waals surface area contributed by atoms with E-state index in [1.807, 2.05) is 0 Å². The summed E-state index contributed by atoms with van der Waals surface area (Å²) in [7, 11) is 0. The summed E-state index contributed by atoms with van der Waals surface area (Å²) in [4.78, 5) is 33.2. The lowest BCUT2D eigenvalue weighted by atomic mass is 10.1. The van der Waals surface area contributed by atoms with E-state index in [2.05, 4.69) is 5.43 Å². The third kappa shape index (κ3) is 3.38. The third-order valence-corrected chi connectivity index (χ3v) is 3.47. The van der Waals surface area contributed by atoms with Crippen molar-refractivity contribution < 1.29 is 24.7 Å². The number of rotatable bonds is 5. The molecule has 1 fully saturated rings. The van der Waals surface area contributed by atoms with Crippen molar-refractivity contribution in [1.82, 2.24) is 10.4 Å². The van der Waals surface area contributed by atoms with Gasteiger partial charge in [0, 0.05) is 24.2 Å². The Kier molecular flexibility index (Phi) is 4.68. The molecule has 1 aromatic rings. The molecule has 0 spiro atoms. The van der Waals surface area contributed by atoms with Gasteiger partial charge in [-0.05, 0) is 18.9 Å². The SMILES string of the molecule is O=C(O)c1cc(C(=O)NN2CCCC2CO)cc([N+](=O)[O-])c1. The number of nitro benzene ring substituents is 1. The fraction of sp³-hybridized carbons (Fsp3) is 0.385. The zero-order valence-corrected chi connectivity index (χ0v) is 11.6. The van der Waals surface area contributed by atoms with Gasteiger partial charge >= 0.3 is 5.97 Å². The number of carbonyl (C=O) groups excluding carboxylic acids is 1. The van der Waals surface area contributed by atoms with Gasteiger partial charge in [0.25, 0.3) is 11.6 Å². The normalized spacial score (nSPS) is 18.1. The average molecular weight is 309 g/mol. The first-order chi connectivity index (χ1) is 10.4. The van der Waals surface area contributed by atoms with Gasteiger partial charge in [0.1, 0.15) is 0 Å². The molecule has 0 aliphatic carbocycles. The topological polar surface area (TPSA) is 133 Å². The van der Waals surface area contributed by atoms with E-state index in [-0.39, 0.29) is 23.8 Å². The Hall–Kier alpha value is -2.52. The number of hydrogen-bond donors (Lipinski definition) is 3. The number of carboxylic acid groups (broad SMARTS) is 1. The van der Waals surface area contributed by atoms with Gasteiger partial charge in [-0.25, -0.2) is 9.80 Å². The van der Waals surface area contributed by atoms with Crippen LogP contribution in [0.4, 0.5) is 5.69 Å². The number of aliphatic hydroxyl groups is 1. The maximum absolute atomic E-state index is 12.2. The fourth-order valence-electron chi connectivity index (χ4n) is 2.34. The van der Waals surface area contributed by atoms with Crippen LogP contribution in [0.1, 0.15) is 33.6 Å². The summed E-state index contributed by atoms with van der Waals surface area (Å²) >= 11 is 0. The molecule has 1 aromatic carbocycles. The van der Waals surface area contributed by atoms with Crippen molar-refractivity contribution in [1.29, 1.82) is 0 Å². The van der Waals surface area contributed by atoms with E-state index in [9.17, 15) is 24.8 Å². The molecule has 22 heavy (non-hydrogen) atoms. The summed E-state index contributed by atoms with van der Waals surface area (Å²) < 4.78 is 0. The van der Waals surface area contributed by atoms with E-state index in [0.717, 1.165) is 31.0 Å². The van der Waals surface area contributed by atoms with Crippen LogP contribution in [0.25, 0.3) is 0 Å². The number of nitro groups is 1. The van der Waals surface area contributed by atoms with Gasteiger partial charge in [-0.3, -0.25) is 20.3 Å². The minimum absolute atomic E-state index is 0.115. The molecule has 1 heterocycles. The van der Waals surface area contributed by atoms with Crippen molar-refractivity contribution in [3.05, 3.63) is 39.4 Å². The lowest BCUT2D eigenvalue weighted by Gasteiger charge is -2.23. The molecule has 1 saturated heterocycles. The van der Waals surface area contributed by atoms with Crippen molar-refractivity contribution in [2.75, 3.05) is 13.2 Å². The summed E-state index contributed by atoms with van der Waals surface area (Å²) in [6, 6.07) is 2.79. The number of aromatic carboxylic acids is 1. The van der Waals surface area contributed by atoms with Crippen molar-refractivity contribution in [2.45, 2.75) is 18.9 Å². The quantitative estimate of drug-likeness (QED) is 0.529. The molecule has 1 unspecified atom stereocenters. The molecule has 118 valence electrons. The number of aliphatic hydroxyl groups excluding tert-OH is 1. The molecule has 0 saturated carbocycles.